The fourth-order valence-electron chi connectivity index (χ4n) is 2.92. The molecule has 0 unspecified atom stereocenters. The molecule has 1 aliphatic heterocycles. The second-order valence-corrected chi connectivity index (χ2v) is 5.71. The highest BCUT2D eigenvalue weighted by atomic mass is 16.5. The third kappa shape index (κ3) is 2.90. The van der Waals surface area contributed by atoms with Crippen molar-refractivity contribution in [1.82, 2.24) is 19.5 Å². The lowest BCUT2D eigenvalue weighted by molar-refractivity contribution is -0.0298. The van der Waals surface area contributed by atoms with Gasteiger partial charge in [0.15, 0.2) is 17.0 Å². The van der Waals surface area contributed by atoms with Crippen molar-refractivity contribution in [3.05, 3.63) is 48.5 Å². The molecule has 1 fully saturated rings. The lowest BCUT2D eigenvalue weighted by Gasteiger charge is -2.23. The number of fused-ring (bicyclic) bond motifs is 1. The lowest BCUT2D eigenvalue weighted by atomic mass is 10.2. The van der Waals surface area contributed by atoms with Crippen molar-refractivity contribution in [3.8, 4) is 0 Å². The first-order chi connectivity index (χ1) is 11.4. The van der Waals surface area contributed by atoms with Gasteiger partial charge in [0.2, 0.25) is 0 Å². The van der Waals surface area contributed by atoms with E-state index < -0.39 is 0 Å². The fraction of sp³-hybridized carbons (Fsp3) is 0.353. The maximum atomic E-state index is 5.84. The number of aromatic nitrogens is 4. The molecule has 0 aliphatic carbocycles. The summed E-state index contributed by atoms with van der Waals surface area (Å²) in [6, 6.07) is 10.2. The Morgan fingerprint density at radius 3 is 2.87 bits per heavy atom. The largest absolute Gasteiger partial charge is 0.364 e. The molecule has 2 aromatic heterocycles. The van der Waals surface area contributed by atoms with Gasteiger partial charge in [-0.05, 0) is 24.8 Å². The highest BCUT2D eigenvalue weighted by Crippen LogP contribution is 2.27. The summed E-state index contributed by atoms with van der Waals surface area (Å²) in [6.07, 6.45) is 6.73. The van der Waals surface area contributed by atoms with Crippen molar-refractivity contribution < 1.29 is 4.74 Å². The van der Waals surface area contributed by atoms with Gasteiger partial charge in [0.25, 0.3) is 0 Å². The summed E-state index contributed by atoms with van der Waals surface area (Å²) in [5.74, 6) is 0.758. The number of nitrogens with zero attached hydrogens (tertiary/aromatic N) is 4. The summed E-state index contributed by atoms with van der Waals surface area (Å²) in [7, 11) is 0. The van der Waals surface area contributed by atoms with Gasteiger partial charge in [-0.3, -0.25) is 4.57 Å². The molecule has 0 amide bonds. The Labute approximate surface area is 134 Å². The molecule has 1 saturated heterocycles. The van der Waals surface area contributed by atoms with Crippen molar-refractivity contribution in [2.75, 3.05) is 11.9 Å². The zero-order valence-electron chi connectivity index (χ0n) is 12.9. The zero-order valence-corrected chi connectivity index (χ0v) is 12.9. The summed E-state index contributed by atoms with van der Waals surface area (Å²) in [5.41, 5.74) is 2.81. The van der Waals surface area contributed by atoms with Crippen LogP contribution in [0.2, 0.25) is 0 Å². The Morgan fingerprint density at radius 1 is 1.13 bits per heavy atom. The molecule has 6 heteroatoms. The first-order valence-electron chi connectivity index (χ1n) is 7.99. The summed E-state index contributed by atoms with van der Waals surface area (Å²) in [4.78, 5) is 13.2. The lowest BCUT2D eigenvalue weighted by Crippen LogP contribution is -2.17. The number of benzene rings is 1. The molecule has 3 aromatic rings. The molecule has 118 valence electrons. The third-order valence-corrected chi connectivity index (χ3v) is 4.13. The van der Waals surface area contributed by atoms with Crippen LogP contribution in [0, 0.1) is 0 Å². The van der Waals surface area contributed by atoms with Gasteiger partial charge in [-0.25, -0.2) is 15.0 Å². The number of nitrogens with one attached hydrogen (secondary N) is 1. The maximum Gasteiger partial charge on any atom is 0.167 e. The van der Waals surface area contributed by atoms with Crippen molar-refractivity contribution in [3.63, 3.8) is 0 Å². The Bertz CT molecular complexity index is 780. The van der Waals surface area contributed by atoms with Gasteiger partial charge in [0, 0.05) is 13.2 Å². The van der Waals surface area contributed by atoms with E-state index in [1.807, 2.05) is 29.1 Å². The Hall–Kier alpha value is -2.47. The smallest absolute Gasteiger partial charge is 0.167 e. The van der Waals surface area contributed by atoms with Crippen LogP contribution in [-0.2, 0) is 11.3 Å². The third-order valence-electron chi connectivity index (χ3n) is 4.13. The van der Waals surface area contributed by atoms with Gasteiger partial charge in [-0.2, -0.15) is 0 Å². The standard InChI is InChI=1S/C17H19N5O/c1-2-6-13(7-3-1)10-18-16-15-17(20-11-19-16)22(12-21-15)14-8-4-5-9-23-14/h1-3,6-7,11-12,14H,4-5,8-10H2,(H,18,19,20)/t14-/m0/s1. The van der Waals surface area contributed by atoms with Gasteiger partial charge in [0.05, 0.1) is 6.33 Å². The van der Waals surface area contributed by atoms with Gasteiger partial charge < -0.3 is 10.1 Å². The number of imidazole rings is 1. The van der Waals surface area contributed by atoms with Crippen molar-refractivity contribution >= 4 is 17.0 Å². The molecule has 4 rings (SSSR count). The van der Waals surface area contributed by atoms with E-state index in [1.54, 1.807) is 6.33 Å². The minimum atomic E-state index is 0.0330. The highest BCUT2D eigenvalue weighted by Gasteiger charge is 2.19. The first kappa shape index (κ1) is 14.1. The van der Waals surface area contributed by atoms with E-state index >= 15 is 0 Å². The Morgan fingerprint density at radius 2 is 2.04 bits per heavy atom. The maximum absolute atomic E-state index is 5.84. The van der Waals surface area contributed by atoms with E-state index in [0.29, 0.717) is 6.54 Å². The van der Waals surface area contributed by atoms with Crippen LogP contribution in [-0.4, -0.2) is 26.1 Å². The first-order valence-corrected chi connectivity index (χ1v) is 7.99. The van der Waals surface area contributed by atoms with Crippen LogP contribution in [0.4, 0.5) is 5.82 Å². The van der Waals surface area contributed by atoms with Gasteiger partial charge in [0.1, 0.15) is 12.6 Å². The van der Waals surface area contributed by atoms with Crippen molar-refractivity contribution in [1.29, 1.82) is 0 Å². The molecule has 6 nitrogen and oxygen atoms in total. The number of hydrogen-bond acceptors (Lipinski definition) is 5. The quantitative estimate of drug-likeness (QED) is 0.802. The van der Waals surface area contributed by atoms with E-state index in [2.05, 4.69) is 32.4 Å². The normalized spacial score (nSPS) is 18.2. The molecule has 0 spiro atoms. The minimum absolute atomic E-state index is 0.0330. The molecule has 1 aromatic carbocycles. The van der Waals surface area contributed by atoms with E-state index in [9.17, 15) is 0 Å². The van der Waals surface area contributed by atoms with Gasteiger partial charge >= 0.3 is 0 Å². The predicted molar refractivity (Wildman–Crippen MR) is 87.9 cm³/mol. The number of rotatable bonds is 4. The van der Waals surface area contributed by atoms with Gasteiger partial charge in [-0.1, -0.05) is 30.3 Å². The topological polar surface area (TPSA) is 64.9 Å². The van der Waals surface area contributed by atoms with E-state index in [-0.39, 0.29) is 6.23 Å². The van der Waals surface area contributed by atoms with E-state index in [1.165, 1.54) is 12.0 Å². The number of ether oxygens (including phenoxy) is 1. The molecule has 1 N–H and O–H groups in total. The molecular formula is C17H19N5O. The van der Waals surface area contributed by atoms with Crippen LogP contribution in [0.3, 0.4) is 0 Å². The SMILES string of the molecule is c1ccc(CNc2ncnc3c2ncn3[C@@H]2CCCCO2)cc1. The molecule has 23 heavy (non-hydrogen) atoms. The average molecular weight is 309 g/mol. The van der Waals surface area contributed by atoms with Crippen molar-refractivity contribution in [2.24, 2.45) is 0 Å². The summed E-state index contributed by atoms with van der Waals surface area (Å²) < 4.78 is 7.86. The summed E-state index contributed by atoms with van der Waals surface area (Å²) in [6.45, 7) is 1.51. The summed E-state index contributed by atoms with van der Waals surface area (Å²) in [5, 5.41) is 3.35. The molecule has 0 radical (unpaired) electrons. The number of anilines is 1. The molecule has 3 heterocycles. The highest BCUT2D eigenvalue weighted by molar-refractivity contribution is 5.82. The van der Waals surface area contributed by atoms with Crippen LogP contribution in [0.5, 0.6) is 0 Å². The predicted octanol–water partition coefficient (Wildman–Crippen LogP) is 3.14. The monoisotopic (exact) mass is 309 g/mol. The summed E-state index contributed by atoms with van der Waals surface area (Å²) >= 11 is 0. The molecule has 1 aliphatic rings. The molecule has 0 saturated carbocycles. The molecule has 1 atom stereocenters. The second kappa shape index (κ2) is 6.34. The number of hydrogen-bond donors (Lipinski definition) is 1. The van der Waals surface area contributed by atoms with Crippen LogP contribution in [0.15, 0.2) is 43.0 Å². The Kier molecular flexibility index (Phi) is 3.90. The average Bonchev–Trinajstić information content (AvgIpc) is 3.06. The Balaban J connectivity index is 1.59. The minimum Gasteiger partial charge on any atom is -0.364 e. The molecular weight excluding hydrogens is 290 g/mol. The fourth-order valence-corrected chi connectivity index (χ4v) is 2.92. The van der Waals surface area contributed by atoms with Crippen LogP contribution >= 0.6 is 0 Å². The van der Waals surface area contributed by atoms with Gasteiger partial charge in [-0.15, -0.1) is 0 Å². The second-order valence-electron chi connectivity index (χ2n) is 5.71. The van der Waals surface area contributed by atoms with Crippen molar-refractivity contribution in [2.45, 2.75) is 32.0 Å². The van der Waals surface area contributed by atoms with E-state index in [4.69, 9.17) is 4.74 Å². The zero-order chi connectivity index (χ0) is 15.5. The van der Waals surface area contributed by atoms with Crippen LogP contribution < -0.4 is 5.32 Å². The van der Waals surface area contributed by atoms with E-state index in [0.717, 1.165) is 36.4 Å². The van der Waals surface area contributed by atoms with Crippen LogP contribution in [0.25, 0.3) is 11.2 Å². The van der Waals surface area contributed by atoms with Crippen LogP contribution in [0.1, 0.15) is 31.1 Å². The molecule has 0 bridgehead atoms.